The monoisotopic (exact) mass is 155 g/mol. The molecule has 0 fully saturated rings. The molecule has 0 aromatic rings. The molecule has 1 amide bonds. The van der Waals surface area contributed by atoms with Crippen LogP contribution in [0.3, 0.4) is 0 Å². The van der Waals surface area contributed by atoms with E-state index in [2.05, 4.69) is 5.32 Å². The Labute approximate surface area is 68.7 Å². The Bertz CT molecular complexity index is 130. The van der Waals surface area contributed by atoms with Crippen LogP contribution in [0.25, 0.3) is 0 Å². The maximum Gasteiger partial charge on any atom is 0.220 e. The fraction of sp³-hybridized carbons (Fsp3) is 0.667. The summed E-state index contributed by atoms with van der Waals surface area (Å²) in [7, 11) is 0. The van der Waals surface area contributed by atoms with E-state index in [9.17, 15) is 4.79 Å². The molecule has 1 N–H and O–H groups in total. The first-order valence-electron chi connectivity index (χ1n) is 4.19. The molecule has 0 aliphatic carbocycles. The molecule has 2 heteroatoms. The maximum absolute atomic E-state index is 10.9. The van der Waals surface area contributed by atoms with Gasteiger partial charge in [0.1, 0.15) is 0 Å². The standard InChI is InChI=1S/C9H17NO/c1-3-5-6-7-9(11)10-8-4-2/h3,5H,4,6-8H2,1-2H3,(H,10,11). The summed E-state index contributed by atoms with van der Waals surface area (Å²) in [5.41, 5.74) is 0. The van der Waals surface area contributed by atoms with E-state index in [1.165, 1.54) is 0 Å². The topological polar surface area (TPSA) is 29.1 Å². The van der Waals surface area contributed by atoms with Crippen LogP contribution in [0.4, 0.5) is 0 Å². The highest BCUT2D eigenvalue weighted by molar-refractivity contribution is 5.75. The second-order valence-corrected chi connectivity index (χ2v) is 2.46. The number of nitrogens with one attached hydrogen (secondary N) is 1. The fourth-order valence-electron chi connectivity index (χ4n) is 0.734. The summed E-state index contributed by atoms with van der Waals surface area (Å²) in [6, 6.07) is 0. The van der Waals surface area contributed by atoms with Gasteiger partial charge in [0.25, 0.3) is 0 Å². The summed E-state index contributed by atoms with van der Waals surface area (Å²) in [5.74, 6) is 0.157. The second-order valence-electron chi connectivity index (χ2n) is 2.46. The van der Waals surface area contributed by atoms with Gasteiger partial charge in [0, 0.05) is 13.0 Å². The van der Waals surface area contributed by atoms with Gasteiger partial charge in [0.15, 0.2) is 0 Å². The Balaban J connectivity index is 3.22. The highest BCUT2D eigenvalue weighted by atomic mass is 16.1. The first kappa shape index (κ1) is 10.2. The van der Waals surface area contributed by atoms with Crippen molar-refractivity contribution >= 4 is 5.91 Å². The van der Waals surface area contributed by atoms with Crippen LogP contribution < -0.4 is 5.32 Å². The molecular formula is C9H17NO. The van der Waals surface area contributed by atoms with E-state index in [0.29, 0.717) is 6.42 Å². The zero-order valence-corrected chi connectivity index (χ0v) is 7.39. The number of hydrogen-bond donors (Lipinski definition) is 1. The molecule has 0 atom stereocenters. The second kappa shape index (κ2) is 7.32. The van der Waals surface area contributed by atoms with Gasteiger partial charge in [0.2, 0.25) is 5.91 Å². The van der Waals surface area contributed by atoms with Gasteiger partial charge in [-0.05, 0) is 19.8 Å². The highest BCUT2D eigenvalue weighted by Gasteiger charge is 1.95. The number of carbonyl (C=O) groups excluding carboxylic acids is 1. The lowest BCUT2D eigenvalue weighted by Crippen LogP contribution is -2.23. The third kappa shape index (κ3) is 7.10. The zero-order chi connectivity index (χ0) is 8.53. The van der Waals surface area contributed by atoms with E-state index in [1.54, 1.807) is 0 Å². The molecular weight excluding hydrogens is 138 g/mol. The third-order valence-corrected chi connectivity index (χ3v) is 1.35. The van der Waals surface area contributed by atoms with Gasteiger partial charge in [-0.3, -0.25) is 4.79 Å². The summed E-state index contributed by atoms with van der Waals surface area (Å²) in [6.45, 7) is 4.81. The van der Waals surface area contributed by atoms with Crippen LogP contribution >= 0.6 is 0 Å². The van der Waals surface area contributed by atoms with Gasteiger partial charge >= 0.3 is 0 Å². The van der Waals surface area contributed by atoms with Crippen molar-refractivity contribution in [1.29, 1.82) is 0 Å². The molecule has 0 radical (unpaired) electrons. The van der Waals surface area contributed by atoms with Crippen LogP contribution in [0.5, 0.6) is 0 Å². The van der Waals surface area contributed by atoms with Crippen molar-refractivity contribution < 1.29 is 4.79 Å². The predicted octanol–water partition coefficient (Wildman–Crippen LogP) is 1.87. The lowest BCUT2D eigenvalue weighted by atomic mass is 10.3. The van der Waals surface area contributed by atoms with Crippen molar-refractivity contribution in [1.82, 2.24) is 5.32 Å². The third-order valence-electron chi connectivity index (χ3n) is 1.35. The van der Waals surface area contributed by atoms with Crippen LogP contribution in [0, 0.1) is 0 Å². The van der Waals surface area contributed by atoms with Crippen molar-refractivity contribution in [3.63, 3.8) is 0 Å². The van der Waals surface area contributed by atoms with Crippen LogP contribution in [0.15, 0.2) is 12.2 Å². The average molecular weight is 155 g/mol. The Morgan fingerprint density at radius 1 is 1.55 bits per heavy atom. The van der Waals surface area contributed by atoms with Gasteiger partial charge in [-0.2, -0.15) is 0 Å². The molecule has 0 aliphatic rings. The van der Waals surface area contributed by atoms with E-state index in [0.717, 1.165) is 19.4 Å². The molecule has 0 rings (SSSR count). The van der Waals surface area contributed by atoms with E-state index in [-0.39, 0.29) is 5.91 Å². The van der Waals surface area contributed by atoms with Crippen molar-refractivity contribution in [3.8, 4) is 0 Å². The molecule has 0 unspecified atom stereocenters. The van der Waals surface area contributed by atoms with Gasteiger partial charge in [-0.1, -0.05) is 19.1 Å². The van der Waals surface area contributed by atoms with Crippen LogP contribution in [0.2, 0.25) is 0 Å². The lowest BCUT2D eigenvalue weighted by molar-refractivity contribution is -0.120. The molecule has 0 aromatic heterocycles. The summed E-state index contributed by atoms with van der Waals surface area (Å²) < 4.78 is 0. The normalized spacial score (nSPS) is 10.4. The SMILES string of the molecule is CC=CCCC(=O)NCCC. The van der Waals surface area contributed by atoms with Gasteiger partial charge in [0.05, 0.1) is 0 Å². The van der Waals surface area contributed by atoms with Crippen LogP contribution in [-0.2, 0) is 4.79 Å². The van der Waals surface area contributed by atoms with Crippen molar-refractivity contribution in [3.05, 3.63) is 12.2 Å². The molecule has 0 spiro atoms. The molecule has 0 bridgehead atoms. The highest BCUT2D eigenvalue weighted by Crippen LogP contribution is 1.90. The lowest BCUT2D eigenvalue weighted by Gasteiger charge is -1.99. The minimum Gasteiger partial charge on any atom is -0.356 e. The number of carbonyl (C=O) groups is 1. The smallest absolute Gasteiger partial charge is 0.220 e. The average Bonchev–Trinajstić information content (AvgIpc) is 2.01. The summed E-state index contributed by atoms with van der Waals surface area (Å²) in [5, 5.41) is 2.82. The fourth-order valence-corrected chi connectivity index (χ4v) is 0.734. The molecule has 0 aliphatic heterocycles. The minimum absolute atomic E-state index is 0.157. The molecule has 0 saturated heterocycles. The Morgan fingerprint density at radius 3 is 2.82 bits per heavy atom. The van der Waals surface area contributed by atoms with E-state index in [1.807, 2.05) is 26.0 Å². The molecule has 2 nitrogen and oxygen atoms in total. The molecule has 0 aromatic carbocycles. The summed E-state index contributed by atoms with van der Waals surface area (Å²) >= 11 is 0. The molecule has 11 heavy (non-hydrogen) atoms. The Morgan fingerprint density at radius 2 is 2.27 bits per heavy atom. The van der Waals surface area contributed by atoms with Gasteiger partial charge in [-0.25, -0.2) is 0 Å². The van der Waals surface area contributed by atoms with E-state index >= 15 is 0 Å². The number of rotatable bonds is 5. The Kier molecular flexibility index (Phi) is 6.79. The van der Waals surface area contributed by atoms with Crippen LogP contribution in [0.1, 0.15) is 33.1 Å². The largest absolute Gasteiger partial charge is 0.356 e. The summed E-state index contributed by atoms with van der Waals surface area (Å²) in [4.78, 5) is 10.9. The zero-order valence-electron chi connectivity index (χ0n) is 7.39. The first-order chi connectivity index (χ1) is 5.31. The molecule has 0 heterocycles. The Hall–Kier alpha value is -0.790. The number of allylic oxidation sites excluding steroid dienone is 2. The van der Waals surface area contributed by atoms with Crippen molar-refractivity contribution in [2.75, 3.05) is 6.54 Å². The minimum atomic E-state index is 0.157. The molecule has 0 saturated carbocycles. The van der Waals surface area contributed by atoms with E-state index in [4.69, 9.17) is 0 Å². The van der Waals surface area contributed by atoms with Crippen molar-refractivity contribution in [2.45, 2.75) is 33.1 Å². The summed E-state index contributed by atoms with van der Waals surface area (Å²) in [6.07, 6.45) is 6.45. The van der Waals surface area contributed by atoms with E-state index < -0.39 is 0 Å². The van der Waals surface area contributed by atoms with Gasteiger partial charge in [-0.15, -0.1) is 0 Å². The number of amides is 1. The first-order valence-corrected chi connectivity index (χ1v) is 4.19. The number of hydrogen-bond acceptors (Lipinski definition) is 1. The quantitative estimate of drug-likeness (QED) is 0.603. The predicted molar refractivity (Wildman–Crippen MR) is 47.3 cm³/mol. The molecule has 64 valence electrons. The maximum atomic E-state index is 10.9. The van der Waals surface area contributed by atoms with Gasteiger partial charge < -0.3 is 5.32 Å². The van der Waals surface area contributed by atoms with Crippen molar-refractivity contribution in [2.24, 2.45) is 0 Å². The van der Waals surface area contributed by atoms with Crippen LogP contribution in [-0.4, -0.2) is 12.5 Å².